The van der Waals surface area contributed by atoms with Crippen LogP contribution in [-0.4, -0.2) is 14.5 Å². The van der Waals surface area contributed by atoms with Crippen molar-refractivity contribution in [3.63, 3.8) is 0 Å². The fourth-order valence-corrected chi connectivity index (χ4v) is 2.51. The van der Waals surface area contributed by atoms with E-state index in [1.165, 1.54) is 0 Å². The molecule has 17 heavy (non-hydrogen) atoms. The van der Waals surface area contributed by atoms with E-state index in [0.717, 1.165) is 29.7 Å². The van der Waals surface area contributed by atoms with Gasteiger partial charge in [-0.05, 0) is 12.1 Å². The smallest absolute Gasteiger partial charge is 0.201 e. The summed E-state index contributed by atoms with van der Waals surface area (Å²) in [6.45, 7) is 0.816. The summed E-state index contributed by atoms with van der Waals surface area (Å²) in [6, 6.07) is 7.99. The lowest BCUT2D eigenvalue weighted by Crippen LogP contribution is -2.05. The number of benzene rings is 1. The molecule has 4 nitrogen and oxygen atoms in total. The van der Waals surface area contributed by atoms with E-state index in [9.17, 15) is 0 Å². The number of aryl methyl sites for hydroxylation is 2. The second kappa shape index (κ2) is 4.18. The van der Waals surface area contributed by atoms with Crippen molar-refractivity contribution in [1.29, 1.82) is 0 Å². The third-order valence-corrected chi connectivity index (χ3v) is 3.39. The summed E-state index contributed by atoms with van der Waals surface area (Å²) in [5, 5.41) is 2.06. The quantitative estimate of drug-likeness (QED) is 0.769. The van der Waals surface area contributed by atoms with E-state index in [1.54, 1.807) is 11.3 Å². The van der Waals surface area contributed by atoms with Gasteiger partial charge >= 0.3 is 0 Å². The van der Waals surface area contributed by atoms with Gasteiger partial charge in [-0.1, -0.05) is 12.1 Å². The fraction of sp³-hybridized carbons (Fsp3) is 0.167. The lowest BCUT2D eigenvalue weighted by atomic mass is 10.3. The van der Waals surface area contributed by atoms with Crippen LogP contribution in [0.4, 0.5) is 5.95 Å². The molecular formula is C12H12N4S. The zero-order chi connectivity index (χ0) is 11.7. The highest BCUT2D eigenvalue weighted by Crippen LogP contribution is 2.17. The van der Waals surface area contributed by atoms with Gasteiger partial charge in [0.1, 0.15) is 0 Å². The fourth-order valence-electron chi connectivity index (χ4n) is 1.92. The molecule has 0 spiro atoms. The maximum Gasteiger partial charge on any atom is 0.201 e. The highest BCUT2D eigenvalue weighted by Gasteiger charge is 2.07. The molecule has 0 saturated heterocycles. The van der Waals surface area contributed by atoms with Crippen LogP contribution in [0.3, 0.4) is 0 Å². The third-order valence-electron chi connectivity index (χ3n) is 2.76. The number of hydrogen-bond donors (Lipinski definition) is 1. The van der Waals surface area contributed by atoms with Crippen LogP contribution in [0.25, 0.3) is 11.0 Å². The molecule has 0 atom stereocenters. The molecule has 86 valence electrons. The van der Waals surface area contributed by atoms with Gasteiger partial charge in [0, 0.05) is 18.3 Å². The highest BCUT2D eigenvalue weighted by atomic mass is 32.1. The number of anilines is 1. The van der Waals surface area contributed by atoms with Crippen LogP contribution in [0, 0.1) is 0 Å². The van der Waals surface area contributed by atoms with E-state index in [4.69, 9.17) is 5.73 Å². The third kappa shape index (κ3) is 1.89. The van der Waals surface area contributed by atoms with E-state index in [-0.39, 0.29) is 0 Å². The predicted molar refractivity (Wildman–Crippen MR) is 70.0 cm³/mol. The number of aromatic nitrogens is 3. The van der Waals surface area contributed by atoms with Gasteiger partial charge in [0.25, 0.3) is 0 Å². The van der Waals surface area contributed by atoms with Crippen LogP contribution >= 0.6 is 11.3 Å². The number of para-hydroxylation sites is 2. The Morgan fingerprint density at radius 1 is 1.29 bits per heavy atom. The molecule has 3 aromatic rings. The van der Waals surface area contributed by atoms with Crippen LogP contribution in [-0.2, 0) is 13.0 Å². The van der Waals surface area contributed by atoms with Gasteiger partial charge in [-0.25, -0.2) is 9.97 Å². The molecule has 0 fully saturated rings. The van der Waals surface area contributed by atoms with Gasteiger partial charge in [-0.15, -0.1) is 11.3 Å². The number of fused-ring (bicyclic) bond motifs is 1. The molecule has 0 radical (unpaired) electrons. The number of nitrogens with zero attached hydrogens (tertiary/aromatic N) is 3. The van der Waals surface area contributed by atoms with Gasteiger partial charge in [-0.2, -0.15) is 0 Å². The number of imidazole rings is 1. The zero-order valence-corrected chi connectivity index (χ0v) is 10.0. The first-order chi connectivity index (χ1) is 8.34. The highest BCUT2D eigenvalue weighted by molar-refractivity contribution is 7.07. The first-order valence-corrected chi connectivity index (χ1v) is 6.36. The summed E-state index contributed by atoms with van der Waals surface area (Å²) >= 11 is 1.62. The minimum absolute atomic E-state index is 0.571. The number of nitrogen functional groups attached to an aromatic ring is 1. The Labute approximate surface area is 103 Å². The predicted octanol–water partition coefficient (Wildman–Crippen LogP) is 2.32. The Balaban J connectivity index is 1.92. The Bertz CT molecular complexity index is 627. The molecule has 0 amide bonds. The molecule has 3 rings (SSSR count). The molecule has 0 aliphatic heterocycles. The Morgan fingerprint density at radius 3 is 3.00 bits per heavy atom. The SMILES string of the molecule is Nc1nc2ccccc2n1CCc1cscn1. The summed E-state index contributed by atoms with van der Waals surface area (Å²) < 4.78 is 2.04. The summed E-state index contributed by atoms with van der Waals surface area (Å²) in [5.74, 6) is 0.571. The first-order valence-electron chi connectivity index (χ1n) is 5.42. The van der Waals surface area contributed by atoms with Crippen LogP contribution in [0.15, 0.2) is 35.2 Å². The minimum Gasteiger partial charge on any atom is -0.369 e. The second-order valence-corrected chi connectivity index (χ2v) is 4.56. The van der Waals surface area contributed by atoms with Crippen molar-refractivity contribution in [2.75, 3.05) is 5.73 Å². The van der Waals surface area contributed by atoms with Gasteiger partial charge in [0.2, 0.25) is 5.95 Å². The molecule has 2 heterocycles. The Kier molecular flexibility index (Phi) is 2.53. The van der Waals surface area contributed by atoms with Crippen LogP contribution in [0.1, 0.15) is 5.69 Å². The lowest BCUT2D eigenvalue weighted by Gasteiger charge is -2.04. The van der Waals surface area contributed by atoms with Crippen molar-refractivity contribution >= 4 is 28.3 Å². The van der Waals surface area contributed by atoms with Crippen molar-refractivity contribution in [2.45, 2.75) is 13.0 Å². The van der Waals surface area contributed by atoms with E-state index in [0.29, 0.717) is 5.95 Å². The first kappa shape index (κ1) is 10.3. The molecule has 0 bridgehead atoms. The monoisotopic (exact) mass is 244 g/mol. The Morgan fingerprint density at radius 2 is 2.18 bits per heavy atom. The van der Waals surface area contributed by atoms with E-state index < -0.39 is 0 Å². The van der Waals surface area contributed by atoms with Crippen molar-refractivity contribution in [2.24, 2.45) is 0 Å². The summed E-state index contributed by atoms with van der Waals surface area (Å²) in [6.07, 6.45) is 0.883. The molecule has 5 heteroatoms. The summed E-state index contributed by atoms with van der Waals surface area (Å²) in [4.78, 5) is 8.61. The summed E-state index contributed by atoms with van der Waals surface area (Å²) in [5.41, 5.74) is 10.9. The molecule has 0 unspecified atom stereocenters. The number of nitrogens with two attached hydrogens (primary N) is 1. The van der Waals surface area contributed by atoms with Gasteiger partial charge in [-0.3, -0.25) is 0 Å². The normalized spacial score (nSPS) is 11.1. The number of rotatable bonds is 3. The molecule has 0 saturated carbocycles. The second-order valence-electron chi connectivity index (χ2n) is 3.84. The number of thiazole rings is 1. The van der Waals surface area contributed by atoms with Crippen molar-refractivity contribution in [3.05, 3.63) is 40.8 Å². The largest absolute Gasteiger partial charge is 0.369 e. The molecular weight excluding hydrogens is 232 g/mol. The van der Waals surface area contributed by atoms with Gasteiger partial charge in [0.05, 0.1) is 22.2 Å². The minimum atomic E-state index is 0.571. The van der Waals surface area contributed by atoms with E-state index in [2.05, 4.69) is 15.3 Å². The van der Waals surface area contributed by atoms with Crippen LogP contribution in [0.2, 0.25) is 0 Å². The van der Waals surface area contributed by atoms with Crippen LogP contribution < -0.4 is 5.73 Å². The van der Waals surface area contributed by atoms with Crippen molar-refractivity contribution in [3.8, 4) is 0 Å². The van der Waals surface area contributed by atoms with E-state index >= 15 is 0 Å². The average Bonchev–Trinajstić information content (AvgIpc) is 2.93. The van der Waals surface area contributed by atoms with Gasteiger partial charge < -0.3 is 10.3 Å². The van der Waals surface area contributed by atoms with Crippen molar-refractivity contribution < 1.29 is 0 Å². The average molecular weight is 244 g/mol. The number of hydrogen-bond acceptors (Lipinski definition) is 4. The molecule has 0 aliphatic carbocycles. The maximum atomic E-state index is 5.93. The maximum absolute atomic E-state index is 5.93. The topological polar surface area (TPSA) is 56.7 Å². The molecule has 2 N–H and O–H groups in total. The Hall–Kier alpha value is -1.88. The molecule has 0 aliphatic rings. The van der Waals surface area contributed by atoms with Crippen LogP contribution in [0.5, 0.6) is 0 Å². The standard InChI is InChI=1S/C12H12N4S/c13-12-15-10-3-1-2-4-11(10)16(12)6-5-9-7-17-8-14-9/h1-4,7-8H,5-6H2,(H2,13,15). The zero-order valence-electron chi connectivity index (χ0n) is 9.21. The van der Waals surface area contributed by atoms with Gasteiger partial charge in [0.15, 0.2) is 0 Å². The molecule has 1 aromatic carbocycles. The van der Waals surface area contributed by atoms with Crippen molar-refractivity contribution in [1.82, 2.24) is 14.5 Å². The lowest BCUT2D eigenvalue weighted by molar-refractivity contribution is 0.716. The summed E-state index contributed by atoms with van der Waals surface area (Å²) in [7, 11) is 0. The van der Waals surface area contributed by atoms with E-state index in [1.807, 2.05) is 34.3 Å². The molecule has 2 aromatic heterocycles.